The Morgan fingerprint density at radius 3 is 1.67 bits per heavy atom. The number of ether oxygens (including phenoxy) is 2. The average molecular weight is 168 g/mol. The highest BCUT2D eigenvalue weighted by atomic mass is 16.5. The largest absolute Gasteiger partial charge is 0.497 e. The second-order valence-electron chi connectivity index (χ2n) is 2.43. The molecular formula is C10H16O2. The fraction of sp³-hybridized carbons (Fsp3) is 0.400. The maximum absolute atomic E-state index is 4.97. The fourth-order valence-electron chi connectivity index (χ4n) is 0.674. The maximum atomic E-state index is 4.97. The molecule has 0 amide bonds. The maximum Gasteiger partial charge on any atom is 0.118 e. The molecule has 0 heterocycles. The van der Waals surface area contributed by atoms with Crippen LogP contribution in [-0.4, -0.2) is 21.3 Å². The van der Waals surface area contributed by atoms with Crippen LogP contribution in [0.2, 0.25) is 0 Å². The van der Waals surface area contributed by atoms with E-state index in [1.165, 1.54) is 5.56 Å². The highest BCUT2D eigenvalue weighted by molar-refractivity contribution is 5.25. The van der Waals surface area contributed by atoms with Crippen LogP contribution in [0.3, 0.4) is 0 Å². The van der Waals surface area contributed by atoms with Gasteiger partial charge in [0.2, 0.25) is 0 Å². The van der Waals surface area contributed by atoms with Gasteiger partial charge < -0.3 is 9.47 Å². The summed E-state index contributed by atoms with van der Waals surface area (Å²) >= 11 is 0. The summed E-state index contributed by atoms with van der Waals surface area (Å²) in [7, 11) is 4.92. The SMILES string of the molecule is COC.COc1ccc(C)cc1. The molecule has 0 aliphatic rings. The van der Waals surface area contributed by atoms with E-state index in [1.807, 2.05) is 24.3 Å². The van der Waals surface area contributed by atoms with Gasteiger partial charge in [-0.2, -0.15) is 0 Å². The Balaban J connectivity index is 0.000000354. The van der Waals surface area contributed by atoms with E-state index in [1.54, 1.807) is 21.3 Å². The molecule has 0 aliphatic heterocycles. The van der Waals surface area contributed by atoms with Gasteiger partial charge in [-0.15, -0.1) is 0 Å². The Hall–Kier alpha value is -1.02. The summed E-state index contributed by atoms with van der Waals surface area (Å²) in [5.74, 6) is 0.917. The number of aryl methyl sites for hydroxylation is 1. The van der Waals surface area contributed by atoms with Gasteiger partial charge in [0.1, 0.15) is 5.75 Å². The van der Waals surface area contributed by atoms with E-state index in [9.17, 15) is 0 Å². The average Bonchev–Trinajstić information content (AvgIpc) is 2.07. The van der Waals surface area contributed by atoms with Crippen LogP contribution in [0.25, 0.3) is 0 Å². The summed E-state index contributed by atoms with van der Waals surface area (Å²) in [6.07, 6.45) is 0. The van der Waals surface area contributed by atoms with Crippen LogP contribution in [0.1, 0.15) is 5.56 Å². The van der Waals surface area contributed by atoms with Crippen molar-refractivity contribution in [2.24, 2.45) is 0 Å². The minimum atomic E-state index is 0.917. The zero-order valence-corrected chi connectivity index (χ0v) is 8.13. The molecule has 12 heavy (non-hydrogen) atoms. The Bertz CT molecular complexity index is 191. The molecule has 0 saturated heterocycles. The van der Waals surface area contributed by atoms with Crippen molar-refractivity contribution < 1.29 is 9.47 Å². The molecule has 2 nitrogen and oxygen atoms in total. The molecule has 0 aromatic heterocycles. The van der Waals surface area contributed by atoms with Crippen LogP contribution in [0.15, 0.2) is 24.3 Å². The van der Waals surface area contributed by atoms with Crippen LogP contribution in [0.4, 0.5) is 0 Å². The standard InChI is InChI=1S/C8H10O.C2H6O/c1-7-3-5-8(9-2)6-4-7;1-3-2/h3-6H,1-2H3;1-2H3. The lowest BCUT2D eigenvalue weighted by Crippen LogP contribution is -1.80. The lowest BCUT2D eigenvalue weighted by Gasteiger charge is -1.97. The number of benzene rings is 1. The predicted molar refractivity (Wildman–Crippen MR) is 50.7 cm³/mol. The summed E-state index contributed by atoms with van der Waals surface area (Å²) in [5.41, 5.74) is 1.26. The molecule has 1 aromatic rings. The molecule has 1 aromatic carbocycles. The third kappa shape index (κ3) is 4.74. The molecule has 68 valence electrons. The highest BCUT2D eigenvalue weighted by Crippen LogP contribution is 2.09. The van der Waals surface area contributed by atoms with Gasteiger partial charge in [-0.25, -0.2) is 0 Å². The van der Waals surface area contributed by atoms with Crippen LogP contribution in [0, 0.1) is 6.92 Å². The van der Waals surface area contributed by atoms with Crippen molar-refractivity contribution in [3.8, 4) is 5.75 Å². The van der Waals surface area contributed by atoms with Gasteiger partial charge in [0.05, 0.1) is 7.11 Å². The first-order valence-electron chi connectivity index (χ1n) is 3.75. The lowest BCUT2D eigenvalue weighted by molar-refractivity contribution is 0.277. The summed E-state index contributed by atoms with van der Waals surface area (Å²) in [6, 6.07) is 7.96. The van der Waals surface area contributed by atoms with E-state index in [-0.39, 0.29) is 0 Å². The van der Waals surface area contributed by atoms with Crippen molar-refractivity contribution in [2.75, 3.05) is 21.3 Å². The molecule has 0 spiro atoms. The van der Waals surface area contributed by atoms with Gasteiger partial charge >= 0.3 is 0 Å². The molecule has 0 fully saturated rings. The van der Waals surface area contributed by atoms with Crippen molar-refractivity contribution in [3.63, 3.8) is 0 Å². The number of methoxy groups -OCH3 is 2. The first kappa shape index (κ1) is 11.0. The molecule has 0 saturated carbocycles. The zero-order chi connectivity index (χ0) is 9.40. The van der Waals surface area contributed by atoms with E-state index in [2.05, 4.69) is 11.7 Å². The Kier molecular flexibility index (Phi) is 6.11. The monoisotopic (exact) mass is 168 g/mol. The Morgan fingerprint density at radius 1 is 0.917 bits per heavy atom. The van der Waals surface area contributed by atoms with Gasteiger partial charge in [-0.05, 0) is 19.1 Å². The van der Waals surface area contributed by atoms with E-state index < -0.39 is 0 Å². The van der Waals surface area contributed by atoms with Gasteiger partial charge in [0.25, 0.3) is 0 Å². The summed E-state index contributed by atoms with van der Waals surface area (Å²) in [6.45, 7) is 2.06. The fourth-order valence-corrected chi connectivity index (χ4v) is 0.674. The Labute approximate surface area is 74.1 Å². The third-order valence-electron chi connectivity index (χ3n) is 1.26. The van der Waals surface area contributed by atoms with E-state index in [0.717, 1.165) is 5.75 Å². The van der Waals surface area contributed by atoms with Gasteiger partial charge in [0, 0.05) is 14.2 Å². The van der Waals surface area contributed by atoms with Crippen LogP contribution < -0.4 is 4.74 Å². The molecule has 0 unspecified atom stereocenters. The number of hydrogen-bond acceptors (Lipinski definition) is 2. The molecule has 2 heteroatoms. The summed E-state index contributed by atoms with van der Waals surface area (Å²) < 4.78 is 9.22. The quantitative estimate of drug-likeness (QED) is 0.640. The van der Waals surface area contributed by atoms with Crippen LogP contribution in [0.5, 0.6) is 5.75 Å². The molecular weight excluding hydrogens is 152 g/mol. The highest BCUT2D eigenvalue weighted by Gasteiger charge is 1.85. The molecule has 1 rings (SSSR count). The molecule has 0 atom stereocenters. The van der Waals surface area contributed by atoms with Crippen molar-refractivity contribution in [1.82, 2.24) is 0 Å². The van der Waals surface area contributed by atoms with Gasteiger partial charge in [0.15, 0.2) is 0 Å². The second-order valence-corrected chi connectivity index (χ2v) is 2.43. The molecule has 0 bridgehead atoms. The first-order chi connectivity index (χ1) is 5.74. The predicted octanol–water partition coefficient (Wildman–Crippen LogP) is 2.27. The van der Waals surface area contributed by atoms with E-state index in [4.69, 9.17) is 4.74 Å². The zero-order valence-electron chi connectivity index (χ0n) is 8.13. The number of hydrogen-bond donors (Lipinski definition) is 0. The van der Waals surface area contributed by atoms with E-state index in [0.29, 0.717) is 0 Å². The van der Waals surface area contributed by atoms with Crippen molar-refractivity contribution in [3.05, 3.63) is 29.8 Å². The normalized spacial score (nSPS) is 8.33. The minimum absolute atomic E-state index is 0.917. The molecule has 0 N–H and O–H groups in total. The first-order valence-corrected chi connectivity index (χ1v) is 3.75. The smallest absolute Gasteiger partial charge is 0.118 e. The topological polar surface area (TPSA) is 18.5 Å². The molecule has 0 aliphatic carbocycles. The van der Waals surface area contributed by atoms with Crippen LogP contribution in [-0.2, 0) is 4.74 Å². The Morgan fingerprint density at radius 2 is 1.33 bits per heavy atom. The number of rotatable bonds is 1. The van der Waals surface area contributed by atoms with Crippen LogP contribution >= 0.6 is 0 Å². The van der Waals surface area contributed by atoms with Crippen molar-refractivity contribution in [1.29, 1.82) is 0 Å². The summed E-state index contributed by atoms with van der Waals surface area (Å²) in [4.78, 5) is 0. The van der Waals surface area contributed by atoms with Gasteiger partial charge in [-0.3, -0.25) is 0 Å². The summed E-state index contributed by atoms with van der Waals surface area (Å²) in [5, 5.41) is 0. The van der Waals surface area contributed by atoms with Gasteiger partial charge in [-0.1, -0.05) is 17.7 Å². The third-order valence-corrected chi connectivity index (χ3v) is 1.26. The van der Waals surface area contributed by atoms with E-state index >= 15 is 0 Å². The minimum Gasteiger partial charge on any atom is -0.497 e. The molecule has 0 radical (unpaired) electrons. The second kappa shape index (κ2) is 6.68. The van der Waals surface area contributed by atoms with Crippen molar-refractivity contribution in [2.45, 2.75) is 6.92 Å². The lowest BCUT2D eigenvalue weighted by atomic mass is 10.2. The van der Waals surface area contributed by atoms with Crippen molar-refractivity contribution >= 4 is 0 Å².